The molecule has 0 saturated carbocycles. The topological polar surface area (TPSA) is 71.8 Å². The number of aromatic nitrogens is 2. The average Bonchev–Trinajstić information content (AvgIpc) is 3.02. The lowest BCUT2D eigenvalue weighted by atomic mass is 9.95. The molecule has 3 N–H and O–H groups in total. The van der Waals surface area contributed by atoms with Crippen molar-refractivity contribution in [3.05, 3.63) is 65.6 Å². The summed E-state index contributed by atoms with van der Waals surface area (Å²) in [6.07, 6.45) is 1.10. The molecule has 3 aromatic rings. The fourth-order valence-corrected chi connectivity index (χ4v) is 2.35. The smallest absolute Gasteiger partial charge is 0.252 e. The summed E-state index contributed by atoms with van der Waals surface area (Å²) >= 11 is 0. The second-order valence-electron chi connectivity index (χ2n) is 4.80. The third kappa shape index (κ3) is 2.46. The molecular weight excluding hydrogens is 307 g/mol. The van der Waals surface area contributed by atoms with Crippen LogP contribution < -0.4 is 5.73 Å². The maximum atomic E-state index is 14.4. The van der Waals surface area contributed by atoms with E-state index in [1.807, 2.05) is 0 Å². The van der Waals surface area contributed by atoms with Crippen molar-refractivity contribution < 1.29 is 18.0 Å². The number of nitrogens with one attached hydrogen (secondary N) is 1. The van der Waals surface area contributed by atoms with E-state index in [0.717, 1.165) is 12.3 Å². The number of H-pyrrole nitrogens is 1. The Hall–Kier alpha value is -3.09. The van der Waals surface area contributed by atoms with E-state index in [4.69, 9.17) is 5.73 Å². The third-order valence-electron chi connectivity index (χ3n) is 3.40. The number of rotatable bonds is 3. The second-order valence-corrected chi connectivity index (χ2v) is 4.80. The first-order valence-corrected chi connectivity index (χ1v) is 6.57. The number of hydrogen-bond donors (Lipinski definition) is 2. The van der Waals surface area contributed by atoms with E-state index < -0.39 is 23.4 Å². The standard InChI is InChI=1S/C16H10F3N3O/c17-11-6-9(8-4-2-1-3-5-8)12(14(19)13(11)18)15-10(16(20)23)7-21-22-15/h1-7H,(H2,20,23)(H,21,22). The van der Waals surface area contributed by atoms with Gasteiger partial charge in [0.25, 0.3) is 5.91 Å². The van der Waals surface area contributed by atoms with Gasteiger partial charge in [0.05, 0.1) is 17.5 Å². The number of nitrogens with two attached hydrogens (primary N) is 1. The Balaban J connectivity index is 2.37. The van der Waals surface area contributed by atoms with Gasteiger partial charge in [-0.3, -0.25) is 9.89 Å². The highest BCUT2D eigenvalue weighted by atomic mass is 19.2. The Morgan fingerprint density at radius 3 is 2.43 bits per heavy atom. The number of nitrogens with zero attached hydrogens (tertiary/aromatic N) is 1. The maximum Gasteiger partial charge on any atom is 0.252 e. The molecule has 0 spiro atoms. The van der Waals surface area contributed by atoms with Gasteiger partial charge >= 0.3 is 0 Å². The number of carbonyl (C=O) groups excluding carboxylic acids is 1. The molecule has 1 amide bonds. The molecule has 0 aliphatic rings. The van der Waals surface area contributed by atoms with Gasteiger partial charge in [0.15, 0.2) is 17.5 Å². The molecule has 0 fully saturated rings. The van der Waals surface area contributed by atoms with Gasteiger partial charge < -0.3 is 5.73 Å². The summed E-state index contributed by atoms with van der Waals surface area (Å²) in [6.45, 7) is 0. The molecule has 7 heteroatoms. The summed E-state index contributed by atoms with van der Waals surface area (Å²) in [5, 5.41) is 6.06. The molecule has 1 heterocycles. The van der Waals surface area contributed by atoms with Crippen LogP contribution in [0.1, 0.15) is 10.4 Å². The fraction of sp³-hybridized carbons (Fsp3) is 0. The van der Waals surface area contributed by atoms with Crippen molar-refractivity contribution in [2.24, 2.45) is 5.73 Å². The molecule has 116 valence electrons. The fourth-order valence-electron chi connectivity index (χ4n) is 2.35. The zero-order chi connectivity index (χ0) is 16.6. The van der Waals surface area contributed by atoms with E-state index in [0.29, 0.717) is 5.56 Å². The van der Waals surface area contributed by atoms with Gasteiger partial charge in [-0.15, -0.1) is 0 Å². The lowest BCUT2D eigenvalue weighted by Crippen LogP contribution is -2.12. The Bertz CT molecular complexity index is 891. The number of amides is 1. The zero-order valence-corrected chi connectivity index (χ0v) is 11.6. The predicted molar refractivity (Wildman–Crippen MR) is 77.9 cm³/mol. The number of carbonyl (C=O) groups is 1. The van der Waals surface area contributed by atoms with E-state index in [1.165, 1.54) is 0 Å². The first kappa shape index (κ1) is 14.8. The first-order valence-electron chi connectivity index (χ1n) is 6.57. The summed E-state index contributed by atoms with van der Waals surface area (Å²) in [5.74, 6) is -5.25. The van der Waals surface area contributed by atoms with Crippen LogP contribution in [0.2, 0.25) is 0 Å². The molecule has 0 saturated heterocycles. The molecule has 0 unspecified atom stereocenters. The summed E-state index contributed by atoms with van der Waals surface area (Å²) in [6, 6.07) is 9.14. The number of halogens is 3. The summed E-state index contributed by atoms with van der Waals surface area (Å²) in [5.41, 5.74) is 5.21. The molecule has 0 aliphatic carbocycles. The highest BCUT2D eigenvalue weighted by Gasteiger charge is 2.25. The molecule has 0 radical (unpaired) electrons. The van der Waals surface area contributed by atoms with E-state index in [1.54, 1.807) is 30.3 Å². The number of primary amides is 1. The Labute approximate surface area is 128 Å². The molecule has 2 aromatic carbocycles. The molecular formula is C16H10F3N3O. The highest BCUT2D eigenvalue weighted by Crippen LogP contribution is 2.37. The van der Waals surface area contributed by atoms with Crippen molar-refractivity contribution in [2.75, 3.05) is 0 Å². The molecule has 3 rings (SSSR count). The van der Waals surface area contributed by atoms with Crippen LogP contribution in [0.25, 0.3) is 22.4 Å². The number of aromatic amines is 1. The molecule has 1 aromatic heterocycles. The normalized spacial score (nSPS) is 10.7. The predicted octanol–water partition coefficient (Wildman–Crippen LogP) is 3.26. The first-order chi connectivity index (χ1) is 11.0. The van der Waals surface area contributed by atoms with Crippen LogP contribution in [0, 0.1) is 17.5 Å². The van der Waals surface area contributed by atoms with Crippen molar-refractivity contribution in [1.29, 1.82) is 0 Å². The van der Waals surface area contributed by atoms with Crippen molar-refractivity contribution in [2.45, 2.75) is 0 Å². The van der Waals surface area contributed by atoms with Crippen LogP contribution in [0.3, 0.4) is 0 Å². The molecule has 0 atom stereocenters. The van der Waals surface area contributed by atoms with Gasteiger partial charge in [-0.1, -0.05) is 30.3 Å². The minimum Gasteiger partial charge on any atom is -0.365 e. The Morgan fingerprint density at radius 2 is 1.78 bits per heavy atom. The van der Waals surface area contributed by atoms with Crippen molar-refractivity contribution in [1.82, 2.24) is 10.2 Å². The van der Waals surface area contributed by atoms with Crippen LogP contribution in [0.5, 0.6) is 0 Å². The number of hydrogen-bond acceptors (Lipinski definition) is 2. The molecule has 4 nitrogen and oxygen atoms in total. The molecule has 23 heavy (non-hydrogen) atoms. The van der Waals surface area contributed by atoms with E-state index in [2.05, 4.69) is 10.2 Å². The van der Waals surface area contributed by atoms with Crippen LogP contribution in [-0.2, 0) is 0 Å². The van der Waals surface area contributed by atoms with Crippen molar-refractivity contribution in [3.63, 3.8) is 0 Å². The minimum atomic E-state index is -1.63. The Morgan fingerprint density at radius 1 is 1.09 bits per heavy atom. The van der Waals surface area contributed by atoms with Crippen LogP contribution in [0.15, 0.2) is 42.6 Å². The summed E-state index contributed by atoms with van der Waals surface area (Å²) in [7, 11) is 0. The zero-order valence-electron chi connectivity index (χ0n) is 11.6. The van der Waals surface area contributed by atoms with Gasteiger partial charge in [-0.05, 0) is 17.2 Å². The quantitative estimate of drug-likeness (QED) is 0.728. The van der Waals surface area contributed by atoms with Crippen LogP contribution >= 0.6 is 0 Å². The third-order valence-corrected chi connectivity index (χ3v) is 3.40. The largest absolute Gasteiger partial charge is 0.365 e. The lowest BCUT2D eigenvalue weighted by Gasteiger charge is -2.12. The minimum absolute atomic E-state index is 0.0775. The van der Waals surface area contributed by atoms with Crippen molar-refractivity contribution in [3.8, 4) is 22.4 Å². The highest BCUT2D eigenvalue weighted by molar-refractivity contribution is 6.00. The second kappa shape index (κ2) is 5.60. The van der Waals surface area contributed by atoms with Gasteiger partial charge in [0.1, 0.15) is 0 Å². The molecule has 0 aliphatic heterocycles. The lowest BCUT2D eigenvalue weighted by molar-refractivity contribution is 0.100. The van der Waals surface area contributed by atoms with Gasteiger partial charge in [0, 0.05) is 5.56 Å². The van der Waals surface area contributed by atoms with Gasteiger partial charge in [0.2, 0.25) is 0 Å². The van der Waals surface area contributed by atoms with Crippen molar-refractivity contribution >= 4 is 5.91 Å². The summed E-state index contributed by atoms with van der Waals surface area (Å²) < 4.78 is 41.8. The van der Waals surface area contributed by atoms with E-state index >= 15 is 0 Å². The number of benzene rings is 2. The molecule has 0 bridgehead atoms. The SMILES string of the molecule is NC(=O)c1cn[nH]c1-c1c(-c2ccccc2)cc(F)c(F)c1F. The average molecular weight is 317 g/mol. The summed E-state index contributed by atoms with van der Waals surface area (Å²) in [4.78, 5) is 11.4. The maximum absolute atomic E-state index is 14.4. The van der Waals surface area contributed by atoms with Crippen LogP contribution in [0.4, 0.5) is 13.2 Å². The Kier molecular flexibility index (Phi) is 3.61. The van der Waals surface area contributed by atoms with Gasteiger partial charge in [-0.25, -0.2) is 13.2 Å². The van der Waals surface area contributed by atoms with E-state index in [9.17, 15) is 18.0 Å². The monoisotopic (exact) mass is 317 g/mol. The van der Waals surface area contributed by atoms with Gasteiger partial charge in [-0.2, -0.15) is 5.10 Å². The van der Waals surface area contributed by atoms with E-state index in [-0.39, 0.29) is 22.4 Å². The van der Waals surface area contributed by atoms with Crippen LogP contribution in [-0.4, -0.2) is 16.1 Å².